The van der Waals surface area contributed by atoms with Crippen molar-refractivity contribution in [1.82, 2.24) is 4.90 Å². The van der Waals surface area contributed by atoms with Gasteiger partial charge in [-0.15, -0.1) is 0 Å². The number of nitrogens with two attached hydrogens (primary N) is 1. The molecule has 1 atom stereocenters. The Morgan fingerprint density at radius 3 is 2.78 bits per heavy atom. The SMILES string of the molecule is C/C=C\c1ccc(OCC(=O)N2CC[C@@H](C(N)=O)C2)c(OC)c1. The highest BCUT2D eigenvalue weighted by Gasteiger charge is 2.29. The van der Waals surface area contributed by atoms with Gasteiger partial charge >= 0.3 is 0 Å². The molecule has 1 aliphatic heterocycles. The summed E-state index contributed by atoms with van der Waals surface area (Å²) in [4.78, 5) is 24.9. The Labute approximate surface area is 135 Å². The predicted molar refractivity (Wildman–Crippen MR) is 87.1 cm³/mol. The molecule has 23 heavy (non-hydrogen) atoms. The van der Waals surface area contributed by atoms with E-state index in [1.807, 2.05) is 31.2 Å². The van der Waals surface area contributed by atoms with Crippen molar-refractivity contribution < 1.29 is 19.1 Å². The zero-order valence-electron chi connectivity index (χ0n) is 13.5. The minimum atomic E-state index is -0.359. The monoisotopic (exact) mass is 318 g/mol. The molecular formula is C17H22N2O4. The van der Waals surface area contributed by atoms with Crippen LogP contribution in [0.2, 0.25) is 0 Å². The molecule has 0 aliphatic carbocycles. The van der Waals surface area contributed by atoms with Crippen molar-refractivity contribution in [2.24, 2.45) is 11.7 Å². The van der Waals surface area contributed by atoms with Crippen LogP contribution in [0.15, 0.2) is 24.3 Å². The quantitative estimate of drug-likeness (QED) is 0.860. The summed E-state index contributed by atoms with van der Waals surface area (Å²) in [7, 11) is 1.56. The molecule has 124 valence electrons. The van der Waals surface area contributed by atoms with Gasteiger partial charge in [-0.25, -0.2) is 0 Å². The van der Waals surface area contributed by atoms with E-state index in [9.17, 15) is 9.59 Å². The number of benzene rings is 1. The van der Waals surface area contributed by atoms with Crippen molar-refractivity contribution in [2.45, 2.75) is 13.3 Å². The Bertz CT molecular complexity index is 613. The van der Waals surface area contributed by atoms with E-state index in [1.54, 1.807) is 18.1 Å². The number of nitrogens with zero attached hydrogens (tertiary/aromatic N) is 1. The number of carbonyl (C=O) groups is 2. The smallest absolute Gasteiger partial charge is 0.260 e. The highest BCUT2D eigenvalue weighted by molar-refractivity contribution is 5.81. The molecule has 1 aliphatic rings. The summed E-state index contributed by atoms with van der Waals surface area (Å²) < 4.78 is 10.9. The molecule has 0 saturated carbocycles. The van der Waals surface area contributed by atoms with Gasteiger partial charge in [0, 0.05) is 13.1 Å². The Morgan fingerprint density at radius 2 is 2.17 bits per heavy atom. The second-order valence-electron chi connectivity index (χ2n) is 5.43. The Kier molecular flexibility index (Phi) is 5.62. The molecule has 2 N–H and O–H groups in total. The van der Waals surface area contributed by atoms with Crippen LogP contribution < -0.4 is 15.2 Å². The van der Waals surface area contributed by atoms with Crippen molar-refractivity contribution in [2.75, 3.05) is 26.8 Å². The van der Waals surface area contributed by atoms with Gasteiger partial charge in [-0.2, -0.15) is 0 Å². The Morgan fingerprint density at radius 1 is 1.39 bits per heavy atom. The topological polar surface area (TPSA) is 81.9 Å². The van der Waals surface area contributed by atoms with Crippen LogP contribution in [0.4, 0.5) is 0 Å². The maximum absolute atomic E-state index is 12.2. The molecule has 1 heterocycles. The van der Waals surface area contributed by atoms with Crippen LogP contribution in [-0.4, -0.2) is 43.5 Å². The standard InChI is InChI=1S/C17H22N2O4/c1-3-4-12-5-6-14(15(9-12)22-2)23-11-16(20)19-8-7-13(10-19)17(18)21/h3-6,9,13H,7-8,10-11H2,1-2H3,(H2,18,21)/b4-3-/t13-/m1/s1. The lowest BCUT2D eigenvalue weighted by Crippen LogP contribution is -2.34. The first kappa shape index (κ1) is 16.9. The minimum Gasteiger partial charge on any atom is -0.493 e. The molecule has 1 saturated heterocycles. The maximum Gasteiger partial charge on any atom is 0.260 e. The van der Waals surface area contributed by atoms with E-state index in [-0.39, 0.29) is 24.3 Å². The van der Waals surface area contributed by atoms with Gasteiger partial charge in [-0.3, -0.25) is 9.59 Å². The van der Waals surface area contributed by atoms with Crippen LogP contribution in [0.3, 0.4) is 0 Å². The van der Waals surface area contributed by atoms with Crippen LogP contribution in [0, 0.1) is 5.92 Å². The second-order valence-corrected chi connectivity index (χ2v) is 5.43. The number of primary amides is 1. The first-order valence-electron chi connectivity index (χ1n) is 7.55. The normalized spacial score (nSPS) is 17.5. The first-order valence-corrected chi connectivity index (χ1v) is 7.55. The maximum atomic E-state index is 12.2. The Balaban J connectivity index is 1.95. The van der Waals surface area contributed by atoms with E-state index >= 15 is 0 Å². The number of carbonyl (C=O) groups excluding carboxylic acids is 2. The fraction of sp³-hybridized carbons (Fsp3) is 0.412. The summed E-state index contributed by atoms with van der Waals surface area (Å²) in [5.74, 6) is 0.314. The van der Waals surface area contributed by atoms with Crippen molar-refractivity contribution in [1.29, 1.82) is 0 Å². The van der Waals surface area contributed by atoms with E-state index in [0.717, 1.165) is 5.56 Å². The summed E-state index contributed by atoms with van der Waals surface area (Å²) in [6.45, 7) is 2.75. The largest absolute Gasteiger partial charge is 0.493 e. The van der Waals surface area contributed by atoms with Gasteiger partial charge in [0.2, 0.25) is 5.91 Å². The number of methoxy groups -OCH3 is 1. The van der Waals surface area contributed by atoms with Crippen LogP contribution in [0.1, 0.15) is 18.9 Å². The van der Waals surface area contributed by atoms with E-state index in [2.05, 4.69) is 0 Å². The molecule has 0 radical (unpaired) electrons. The van der Waals surface area contributed by atoms with Gasteiger partial charge in [0.15, 0.2) is 18.1 Å². The molecule has 0 aromatic heterocycles. The van der Waals surface area contributed by atoms with Crippen LogP contribution in [-0.2, 0) is 9.59 Å². The number of ether oxygens (including phenoxy) is 2. The molecule has 1 aromatic carbocycles. The molecule has 0 unspecified atom stereocenters. The molecular weight excluding hydrogens is 296 g/mol. The Hall–Kier alpha value is -2.50. The zero-order chi connectivity index (χ0) is 16.8. The van der Waals surface area contributed by atoms with Crippen molar-refractivity contribution in [3.63, 3.8) is 0 Å². The molecule has 0 spiro atoms. The van der Waals surface area contributed by atoms with Crippen molar-refractivity contribution in [3.8, 4) is 11.5 Å². The number of hydrogen-bond donors (Lipinski definition) is 1. The van der Waals surface area contributed by atoms with E-state index < -0.39 is 0 Å². The molecule has 6 heteroatoms. The lowest BCUT2D eigenvalue weighted by molar-refractivity contribution is -0.132. The summed E-state index contributed by atoms with van der Waals surface area (Å²) in [5.41, 5.74) is 6.26. The van der Waals surface area contributed by atoms with E-state index in [1.165, 1.54) is 0 Å². The number of hydrogen-bond acceptors (Lipinski definition) is 4. The lowest BCUT2D eigenvalue weighted by Gasteiger charge is -2.17. The van der Waals surface area contributed by atoms with Gasteiger partial charge < -0.3 is 20.1 Å². The van der Waals surface area contributed by atoms with Crippen molar-refractivity contribution in [3.05, 3.63) is 29.8 Å². The zero-order valence-corrected chi connectivity index (χ0v) is 13.5. The van der Waals surface area contributed by atoms with Gasteiger partial charge in [0.05, 0.1) is 13.0 Å². The van der Waals surface area contributed by atoms with Crippen molar-refractivity contribution >= 4 is 17.9 Å². The number of amides is 2. The predicted octanol–water partition coefficient (Wildman–Crippen LogP) is 1.44. The average Bonchev–Trinajstić information content (AvgIpc) is 3.03. The van der Waals surface area contributed by atoms with Crippen LogP contribution >= 0.6 is 0 Å². The van der Waals surface area contributed by atoms with Crippen LogP contribution in [0.25, 0.3) is 6.08 Å². The summed E-state index contributed by atoms with van der Waals surface area (Å²) in [5, 5.41) is 0. The highest BCUT2D eigenvalue weighted by atomic mass is 16.5. The fourth-order valence-electron chi connectivity index (χ4n) is 2.55. The number of allylic oxidation sites excluding steroid dienone is 1. The van der Waals surface area contributed by atoms with Gasteiger partial charge in [0.1, 0.15) is 0 Å². The van der Waals surface area contributed by atoms with Gasteiger partial charge in [0.25, 0.3) is 5.91 Å². The minimum absolute atomic E-state index is 0.0925. The molecule has 2 amide bonds. The summed E-state index contributed by atoms with van der Waals surface area (Å²) in [6, 6.07) is 5.51. The molecule has 1 aromatic rings. The highest BCUT2D eigenvalue weighted by Crippen LogP contribution is 2.28. The number of rotatable bonds is 6. The van der Waals surface area contributed by atoms with E-state index in [0.29, 0.717) is 31.0 Å². The molecule has 2 rings (SSSR count). The summed E-state index contributed by atoms with van der Waals surface area (Å²) in [6.07, 6.45) is 4.50. The third-order valence-corrected chi connectivity index (χ3v) is 3.84. The molecule has 1 fully saturated rings. The average molecular weight is 318 g/mol. The lowest BCUT2D eigenvalue weighted by atomic mass is 10.1. The first-order chi connectivity index (χ1) is 11.0. The molecule has 0 bridgehead atoms. The third-order valence-electron chi connectivity index (χ3n) is 3.84. The second kappa shape index (κ2) is 7.67. The van der Waals surface area contributed by atoms with Crippen LogP contribution in [0.5, 0.6) is 11.5 Å². The summed E-state index contributed by atoms with van der Waals surface area (Å²) >= 11 is 0. The number of likely N-dealkylation sites (tertiary alicyclic amines) is 1. The van der Waals surface area contributed by atoms with E-state index in [4.69, 9.17) is 15.2 Å². The molecule has 6 nitrogen and oxygen atoms in total. The third kappa shape index (κ3) is 4.25. The van der Waals surface area contributed by atoms with Gasteiger partial charge in [-0.1, -0.05) is 18.2 Å². The van der Waals surface area contributed by atoms with Gasteiger partial charge in [-0.05, 0) is 31.0 Å². The fourth-order valence-corrected chi connectivity index (χ4v) is 2.55.